The number of nitriles is 1. The van der Waals surface area contributed by atoms with Crippen LogP contribution >= 0.6 is 0 Å². The average molecular weight is 467 g/mol. The second kappa shape index (κ2) is 11.1. The van der Waals surface area contributed by atoms with Gasteiger partial charge in [0.05, 0.1) is 24.9 Å². The Kier molecular flexibility index (Phi) is 7.50. The Labute approximate surface area is 204 Å². The first-order valence-corrected chi connectivity index (χ1v) is 11.2. The molecule has 2 aromatic heterocycles. The van der Waals surface area contributed by atoms with Crippen molar-refractivity contribution in [2.45, 2.75) is 12.5 Å². The van der Waals surface area contributed by atoms with E-state index in [0.717, 1.165) is 28.0 Å². The fourth-order valence-corrected chi connectivity index (χ4v) is 3.67. The zero-order chi connectivity index (χ0) is 24.6. The summed E-state index contributed by atoms with van der Waals surface area (Å²) in [6.45, 7) is 0.573. The number of amides is 1. The van der Waals surface area contributed by atoms with Gasteiger partial charge in [-0.25, -0.2) is 4.98 Å². The number of hydrogen-bond donors (Lipinski definition) is 2. The lowest BCUT2D eigenvalue weighted by molar-refractivity contribution is -0.118. The van der Waals surface area contributed by atoms with Crippen molar-refractivity contribution < 1.29 is 9.53 Å². The third-order valence-electron chi connectivity index (χ3n) is 5.61. The molecule has 4 aromatic rings. The van der Waals surface area contributed by atoms with Crippen LogP contribution in [-0.4, -0.2) is 34.3 Å². The molecule has 176 valence electrons. The third-order valence-corrected chi connectivity index (χ3v) is 5.61. The molecular weight excluding hydrogens is 440 g/mol. The van der Waals surface area contributed by atoms with Crippen molar-refractivity contribution in [1.82, 2.24) is 20.1 Å². The highest BCUT2D eigenvalue weighted by Gasteiger charge is 2.21. The molecule has 8 nitrogen and oxygen atoms in total. The van der Waals surface area contributed by atoms with Crippen molar-refractivity contribution >= 4 is 11.7 Å². The third kappa shape index (κ3) is 6.10. The zero-order valence-electron chi connectivity index (χ0n) is 19.6. The summed E-state index contributed by atoms with van der Waals surface area (Å²) < 4.78 is 6.98. The summed E-state index contributed by atoms with van der Waals surface area (Å²) in [6, 6.07) is 20.1. The molecule has 0 spiro atoms. The number of nitrogens with one attached hydrogen (secondary N) is 2. The normalized spacial score (nSPS) is 11.5. The second-order valence-electron chi connectivity index (χ2n) is 8.04. The lowest BCUT2D eigenvalue weighted by Crippen LogP contribution is -2.34. The van der Waals surface area contributed by atoms with Gasteiger partial charge in [-0.15, -0.1) is 0 Å². The molecular formula is C27H26N6O2. The lowest BCUT2D eigenvalue weighted by Gasteiger charge is -2.19. The summed E-state index contributed by atoms with van der Waals surface area (Å²) in [5.74, 6) is 0.977. The number of ether oxygens (including phenoxy) is 1. The predicted octanol–water partition coefficient (Wildman–Crippen LogP) is 3.87. The fourth-order valence-electron chi connectivity index (χ4n) is 3.67. The van der Waals surface area contributed by atoms with E-state index >= 15 is 0 Å². The van der Waals surface area contributed by atoms with Gasteiger partial charge in [-0.1, -0.05) is 24.3 Å². The van der Waals surface area contributed by atoms with Crippen LogP contribution < -0.4 is 15.4 Å². The zero-order valence-corrected chi connectivity index (χ0v) is 19.6. The summed E-state index contributed by atoms with van der Waals surface area (Å²) in [4.78, 5) is 17.7. The number of pyridine rings is 1. The van der Waals surface area contributed by atoms with Gasteiger partial charge < -0.3 is 15.4 Å². The van der Waals surface area contributed by atoms with Crippen molar-refractivity contribution in [1.29, 1.82) is 5.26 Å². The Morgan fingerprint density at radius 3 is 2.43 bits per heavy atom. The molecule has 2 N–H and O–H groups in total. The van der Waals surface area contributed by atoms with E-state index in [0.29, 0.717) is 24.3 Å². The molecule has 0 aliphatic carbocycles. The highest BCUT2D eigenvalue weighted by Crippen LogP contribution is 2.21. The van der Waals surface area contributed by atoms with E-state index < -0.39 is 6.04 Å². The first-order valence-electron chi connectivity index (χ1n) is 11.2. The monoisotopic (exact) mass is 466 g/mol. The predicted molar refractivity (Wildman–Crippen MR) is 134 cm³/mol. The van der Waals surface area contributed by atoms with Gasteiger partial charge in [0, 0.05) is 37.1 Å². The molecule has 0 radical (unpaired) electrons. The van der Waals surface area contributed by atoms with Gasteiger partial charge in [-0.2, -0.15) is 10.4 Å². The van der Waals surface area contributed by atoms with Crippen molar-refractivity contribution in [3.05, 3.63) is 95.9 Å². The molecule has 0 saturated heterocycles. The minimum atomic E-state index is -0.584. The molecule has 1 atom stereocenters. The molecule has 2 aromatic carbocycles. The quantitative estimate of drug-likeness (QED) is 0.388. The number of methoxy groups -OCH3 is 1. The molecule has 2 heterocycles. The van der Waals surface area contributed by atoms with Crippen molar-refractivity contribution in [3.63, 3.8) is 0 Å². The van der Waals surface area contributed by atoms with Crippen LogP contribution in [0, 0.1) is 11.3 Å². The van der Waals surface area contributed by atoms with Crippen molar-refractivity contribution in [3.8, 4) is 22.9 Å². The summed E-state index contributed by atoms with van der Waals surface area (Å²) in [6.07, 6.45) is 6.11. The van der Waals surface area contributed by atoms with E-state index in [2.05, 4.69) is 26.8 Å². The molecule has 0 aliphatic heterocycles. The smallest absolute Gasteiger partial charge is 0.247 e. The van der Waals surface area contributed by atoms with E-state index in [-0.39, 0.29) is 5.91 Å². The number of anilines is 1. The van der Waals surface area contributed by atoms with E-state index in [9.17, 15) is 4.79 Å². The van der Waals surface area contributed by atoms with Crippen LogP contribution in [0.25, 0.3) is 11.1 Å². The van der Waals surface area contributed by atoms with Crippen molar-refractivity contribution in [2.24, 2.45) is 7.05 Å². The highest BCUT2D eigenvalue weighted by atomic mass is 16.5. The molecule has 35 heavy (non-hydrogen) atoms. The SMILES string of the molecule is COc1ccc([C@@H](NCCc2ccc(C#N)cc2)C(=O)Nc2ccc(-c3cnn(C)c3)cn2)cc1. The van der Waals surface area contributed by atoms with Crippen LogP contribution in [0.2, 0.25) is 0 Å². The number of nitrogens with zero attached hydrogens (tertiary/aromatic N) is 4. The number of aromatic nitrogens is 3. The van der Waals surface area contributed by atoms with Crippen molar-refractivity contribution in [2.75, 3.05) is 19.0 Å². The first-order chi connectivity index (χ1) is 17.1. The largest absolute Gasteiger partial charge is 0.497 e. The molecule has 0 fully saturated rings. The molecule has 0 unspecified atom stereocenters. The van der Waals surface area contributed by atoms with Crippen LogP contribution in [0.3, 0.4) is 0 Å². The Morgan fingerprint density at radius 1 is 1.06 bits per heavy atom. The first kappa shape index (κ1) is 23.7. The number of hydrogen-bond acceptors (Lipinski definition) is 6. The fraction of sp³-hybridized carbons (Fsp3) is 0.185. The number of rotatable bonds is 9. The maximum absolute atomic E-state index is 13.3. The molecule has 0 bridgehead atoms. The number of carbonyl (C=O) groups is 1. The molecule has 1 amide bonds. The lowest BCUT2D eigenvalue weighted by atomic mass is 10.0. The number of aryl methyl sites for hydroxylation is 1. The van der Waals surface area contributed by atoms with Gasteiger partial charge >= 0.3 is 0 Å². The van der Waals surface area contributed by atoms with E-state index in [1.54, 1.807) is 42.4 Å². The van der Waals surface area contributed by atoms with Gasteiger partial charge in [0.2, 0.25) is 5.91 Å². The average Bonchev–Trinajstić information content (AvgIpc) is 3.33. The molecule has 0 saturated carbocycles. The van der Waals surface area contributed by atoms with Crippen LogP contribution in [-0.2, 0) is 18.3 Å². The minimum Gasteiger partial charge on any atom is -0.497 e. The summed E-state index contributed by atoms with van der Waals surface area (Å²) in [5, 5.41) is 19.4. The summed E-state index contributed by atoms with van der Waals surface area (Å²) in [7, 11) is 3.47. The van der Waals surface area contributed by atoms with Gasteiger partial charge in [-0.3, -0.25) is 9.48 Å². The number of benzene rings is 2. The Morgan fingerprint density at radius 2 is 1.83 bits per heavy atom. The van der Waals surface area contributed by atoms with Gasteiger partial charge in [0.1, 0.15) is 17.6 Å². The van der Waals surface area contributed by atoms with Crippen LogP contribution in [0.4, 0.5) is 5.82 Å². The van der Waals surface area contributed by atoms with Crippen LogP contribution in [0.1, 0.15) is 22.7 Å². The maximum atomic E-state index is 13.3. The maximum Gasteiger partial charge on any atom is 0.247 e. The van der Waals surface area contributed by atoms with Gasteiger partial charge in [0.15, 0.2) is 0 Å². The van der Waals surface area contributed by atoms with E-state index in [1.165, 1.54) is 0 Å². The standard InChI is InChI=1S/C27H26N6O2/c1-33-18-23(17-31-33)22-9-12-25(30-16-22)32-27(34)26(21-7-10-24(35-2)11-8-21)29-14-13-19-3-5-20(15-28)6-4-19/h3-12,16-18,26,29H,13-14H2,1-2H3,(H,30,32,34)/t26-/m1/s1. The topological polar surface area (TPSA) is 105 Å². The van der Waals surface area contributed by atoms with Crippen LogP contribution in [0.5, 0.6) is 5.75 Å². The van der Waals surface area contributed by atoms with E-state index in [1.807, 2.05) is 55.7 Å². The molecule has 0 aliphatic rings. The Bertz CT molecular complexity index is 1310. The van der Waals surface area contributed by atoms with Gasteiger partial charge in [0.25, 0.3) is 0 Å². The number of carbonyl (C=O) groups excluding carboxylic acids is 1. The molecule has 4 rings (SSSR count). The summed E-state index contributed by atoms with van der Waals surface area (Å²) in [5.41, 5.74) is 4.40. The Balaban J connectivity index is 1.46. The minimum absolute atomic E-state index is 0.211. The molecule has 8 heteroatoms. The Hall–Kier alpha value is -4.48. The van der Waals surface area contributed by atoms with Crippen LogP contribution in [0.15, 0.2) is 79.3 Å². The second-order valence-corrected chi connectivity index (χ2v) is 8.04. The summed E-state index contributed by atoms with van der Waals surface area (Å²) >= 11 is 0. The highest BCUT2D eigenvalue weighted by molar-refractivity contribution is 5.95. The van der Waals surface area contributed by atoms with Gasteiger partial charge in [-0.05, 0) is 53.9 Å². The van der Waals surface area contributed by atoms with E-state index in [4.69, 9.17) is 10.00 Å².